The quantitative estimate of drug-likeness (QED) is 0.867. The predicted molar refractivity (Wildman–Crippen MR) is 104 cm³/mol. The number of rotatable bonds is 5. The van der Waals surface area contributed by atoms with Gasteiger partial charge in [0.05, 0.1) is 6.04 Å². The number of likely N-dealkylation sites (N-methyl/N-ethyl adjacent to an activating group) is 1. The van der Waals surface area contributed by atoms with Crippen molar-refractivity contribution in [2.75, 3.05) is 38.1 Å². The summed E-state index contributed by atoms with van der Waals surface area (Å²) in [6.07, 6.45) is 1.81. The van der Waals surface area contributed by atoms with Gasteiger partial charge in [0, 0.05) is 38.9 Å². The van der Waals surface area contributed by atoms with E-state index in [-0.39, 0.29) is 12.1 Å². The highest BCUT2D eigenvalue weighted by atomic mass is 16.2. The molecule has 1 atom stereocenters. The number of piperazine rings is 1. The lowest BCUT2D eigenvalue weighted by Crippen LogP contribution is -2.44. The van der Waals surface area contributed by atoms with Crippen LogP contribution in [0.15, 0.2) is 48.7 Å². The van der Waals surface area contributed by atoms with Crippen molar-refractivity contribution in [2.24, 2.45) is 0 Å². The van der Waals surface area contributed by atoms with E-state index in [1.165, 1.54) is 0 Å². The molecular formula is C20H27N5O. The van der Waals surface area contributed by atoms with Gasteiger partial charge in [-0.05, 0) is 37.2 Å². The lowest BCUT2D eigenvalue weighted by molar-refractivity contribution is 0.237. The van der Waals surface area contributed by atoms with Crippen molar-refractivity contribution < 1.29 is 4.79 Å². The van der Waals surface area contributed by atoms with Gasteiger partial charge in [0.1, 0.15) is 5.82 Å². The fourth-order valence-electron chi connectivity index (χ4n) is 3.03. The van der Waals surface area contributed by atoms with Gasteiger partial charge >= 0.3 is 6.03 Å². The van der Waals surface area contributed by atoms with Gasteiger partial charge in [-0.2, -0.15) is 0 Å². The molecule has 0 spiro atoms. The minimum atomic E-state index is -0.167. The number of benzene rings is 1. The van der Waals surface area contributed by atoms with Crippen LogP contribution in [0.2, 0.25) is 0 Å². The molecule has 1 fully saturated rings. The first-order valence-corrected chi connectivity index (χ1v) is 9.09. The molecule has 1 aromatic carbocycles. The average Bonchev–Trinajstić information content (AvgIpc) is 2.68. The molecular weight excluding hydrogens is 326 g/mol. The summed E-state index contributed by atoms with van der Waals surface area (Å²) in [5, 5.41) is 5.90. The summed E-state index contributed by atoms with van der Waals surface area (Å²) in [7, 11) is 2.14. The normalized spacial score (nSPS) is 16.2. The van der Waals surface area contributed by atoms with Gasteiger partial charge in [0.25, 0.3) is 0 Å². The van der Waals surface area contributed by atoms with Crippen LogP contribution in [-0.2, 0) is 6.54 Å². The molecule has 0 bridgehead atoms. The largest absolute Gasteiger partial charge is 0.354 e. The standard InChI is InChI=1S/C20H27N5O/c1-16(18-6-4-3-5-7-18)23-20(26)22-15-17-8-9-21-19(14-17)25-12-10-24(2)11-13-25/h3-9,14,16H,10-13,15H2,1-2H3,(H2,22,23,26). The molecule has 0 aliphatic carbocycles. The third-order valence-electron chi connectivity index (χ3n) is 4.74. The molecule has 1 aliphatic rings. The van der Waals surface area contributed by atoms with Crippen molar-refractivity contribution in [3.05, 3.63) is 59.8 Å². The third kappa shape index (κ3) is 4.95. The second kappa shape index (κ2) is 8.67. The van der Waals surface area contributed by atoms with Gasteiger partial charge in [0.2, 0.25) is 0 Å². The number of anilines is 1. The molecule has 2 heterocycles. The molecule has 2 N–H and O–H groups in total. The molecule has 6 nitrogen and oxygen atoms in total. The number of aromatic nitrogens is 1. The van der Waals surface area contributed by atoms with Gasteiger partial charge in [-0.1, -0.05) is 30.3 Å². The SMILES string of the molecule is CC(NC(=O)NCc1ccnc(N2CCN(C)CC2)c1)c1ccccc1. The number of hydrogen-bond donors (Lipinski definition) is 2. The molecule has 2 amide bonds. The zero-order chi connectivity index (χ0) is 18.4. The van der Waals surface area contributed by atoms with E-state index in [2.05, 4.69) is 38.5 Å². The highest BCUT2D eigenvalue weighted by Crippen LogP contribution is 2.15. The fourth-order valence-corrected chi connectivity index (χ4v) is 3.03. The van der Waals surface area contributed by atoms with Crippen LogP contribution in [-0.4, -0.2) is 49.1 Å². The van der Waals surface area contributed by atoms with Gasteiger partial charge in [-0.15, -0.1) is 0 Å². The van der Waals surface area contributed by atoms with Gasteiger partial charge in [-0.3, -0.25) is 0 Å². The van der Waals surface area contributed by atoms with E-state index in [9.17, 15) is 4.79 Å². The Morgan fingerprint density at radius 3 is 2.62 bits per heavy atom. The summed E-state index contributed by atoms with van der Waals surface area (Å²) in [5.41, 5.74) is 2.14. The Hall–Kier alpha value is -2.60. The van der Waals surface area contributed by atoms with Crippen molar-refractivity contribution >= 4 is 11.8 Å². The molecule has 1 saturated heterocycles. The maximum atomic E-state index is 12.2. The van der Waals surface area contributed by atoms with E-state index in [1.807, 2.05) is 49.5 Å². The number of carbonyl (C=O) groups is 1. The van der Waals surface area contributed by atoms with E-state index >= 15 is 0 Å². The molecule has 1 aromatic heterocycles. The molecule has 0 saturated carbocycles. The molecule has 1 unspecified atom stereocenters. The van der Waals surface area contributed by atoms with Gasteiger partial charge in [0.15, 0.2) is 0 Å². The second-order valence-electron chi connectivity index (χ2n) is 6.77. The Bertz CT molecular complexity index is 713. The number of nitrogens with zero attached hydrogens (tertiary/aromatic N) is 3. The zero-order valence-electron chi connectivity index (χ0n) is 15.5. The first-order valence-electron chi connectivity index (χ1n) is 9.09. The molecule has 0 radical (unpaired) electrons. The fraction of sp³-hybridized carbons (Fsp3) is 0.400. The van der Waals surface area contributed by atoms with Crippen LogP contribution in [0.4, 0.5) is 10.6 Å². The summed E-state index contributed by atoms with van der Waals surface area (Å²) in [4.78, 5) is 21.3. The monoisotopic (exact) mass is 353 g/mol. The Balaban J connectivity index is 1.51. The highest BCUT2D eigenvalue weighted by Gasteiger charge is 2.15. The van der Waals surface area contributed by atoms with Crippen molar-refractivity contribution in [1.29, 1.82) is 0 Å². The minimum Gasteiger partial charge on any atom is -0.354 e. The third-order valence-corrected chi connectivity index (χ3v) is 4.74. The Kier molecular flexibility index (Phi) is 6.07. The Labute approximate surface area is 155 Å². The summed E-state index contributed by atoms with van der Waals surface area (Å²) in [6.45, 7) is 6.52. The minimum absolute atomic E-state index is 0.0328. The van der Waals surface area contributed by atoms with Crippen LogP contribution in [0.3, 0.4) is 0 Å². The molecule has 26 heavy (non-hydrogen) atoms. The molecule has 2 aromatic rings. The maximum Gasteiger partial charge on any atom is 0.315 e. The van der Waals surface area contributed by atoms with Crippen LogP contribution < -0.4 is 15.5 Å². The van der Waals surface area contributed by atoms with Crippen molar-refractivity contribution in [3.8, 4) is 0 Å². The first kappa shape index (κ1) is 18.2. The number of amides is 2. The van der Waals surface area contributed by atoms with Crippen molar-refractivity contribution in [3.63, 3.8) is 0 Å². The second-order valence-corrected chi connectivity index (χ2v) is 6.77. The van der Waals surface area contributed by atoms with E-state index in [4.69, 9.17) is 0 Å². The summed E-state index contributed by atoms with van der Waals surface area (Å²) >= 11 is 0. The molecule has 138 valence electrons. The van der Waals surface area contributed by atoms with E-state index in [0.29, 0.717) is 6.54 Å². The lowest BCUT2D eigenvalue weighted by Gasteiger charge is -2.33. The van der Waals surface area contributed by atoms with Gasteiger partial charge < -0.3 is 20.4 Å². The summed E-state index contributed by atoms with van der Waals surface area (Å²) in [6, 6.07) is 13.7. The molecule has 1 aliphatic heterocycles. The summed E-state index contributed by atoms with van der Waals surface area (Å²) in [5.74, 6) is 0.982. The van der Waals surface area contributed by atoms with Gasteiger partial charge in [-0.25, -0.2) is 9.78 Å². The number of hydrogen-bond acceptors (Lipinski definition) is 4. The predicted octanol–water partition coefficient (Wildman–Crippen LogP) is 2.39. The number of carbonyl (C=O) groups excluding carboxylic acids is 1. The first-order chi connectivity index (χ1) is 12.6. The van der Waals surface area contributed by atoms with E-state index < -0.39 is 0 Å². The molecule has 3 rings (SSSR count). The Morgan fingerprint density at radius 1 is 1.15 bits per heavy atom. The zero-order valence-corrected chi connectivity index (χ0v) is 15.5. The number of urea groups is 1. The Morgan fingerprint density at radius 2 is 1.88 bits per heavy atom. The average molecular weight is 353 g/mol. The molecule has 6 heteroatoms. The van der Waals surface area contributed by atoms with Crippen LogP contribution in [0.25, 0.3) is 0 Å². The van der Waals surface area contributed by atoms with Crippen LogP contribution in [0.1, 0.15) is 24.1 Å². The maximum absolute atomic E-state index is 12.2. The van der Waals surface area contributed by atoms with Crippen LogP contribution >= 0.6 is 0 Å². The van der Waals surface area contributed by atoms with E-state index in [1.54, 1.807) is 0 Å². The van der Waals surface area contributed by atoms with Crippen molar-refractivity contribution in [1.82, 2.24) is 20.5 Å². The smallest absolute Gasteiger partial charge is 0.315 e. The highest BCUT2D eigenvalue weighted by molar-refractivity contribution is 5.74. The lowest BCUT2D eigenvalue weighted by atomic mass is 10.1. The summed E-state index contributed by atoms with van der Waals surface area (Å²) < 4.78 is 0. The van der Waals surface area contributed by atoms with Crippen LogP contribution in [0.5, 0.6) is 0 Å². The van der Waals surface area contributed by atoms with E-state index in [0.717, 1.165) is 43.1 Å². The van der Waals surface area contributed by atoms with Crippen LogP contribution in [0, 0.1) is 0 Å². The number of nitrogens with one attached hydrogen (secondary N) is 2. The topological polar surface area (TPSA) is 60.5 Å². The number of pyridine rings is 1. The van der Waals surface area contributed by atoms with Crippen molar-refractivity contribution in [2.45, 2.75) is 19.5 Å².